The molecule has 0 amide bonds. The minimum Gasteiger partial charge on any atom is -0.495 e. The highest BCUT2D eigenvalue weighted by atomic mass is 79.9. The van der Waals surface area contributed by atoms with Crippen molar-refractivity contribution < 1.29 is 66.1 Å². The van der Waals surface area contributed by atoms with E-state index in [-0.39, 0.29) is 60.8 Å². The summed E-state index contributed by atoms with van der Waals surface area (Å²) in [6, 6.07) is 4.63. The van der Waals surface area contributed by atoms with Crippen LogP contribution in [0.2, 0.25) is 36.3 Å². The van der Waals surface area contributed by atoms with Crippen molar-refractivity contribution in [2.45, 2.75) is 137 Å². The summed E-state index contributed by atoms with van der Waals surface area (Å²) in [7, 11) is 0.544. The number of esters is 2. The normalized spacial score (nSPS) is 19.8. The number of rotatable bonds is 14. The number of hydroxylamine groups is 3. The predicted octanol–water partition coefficient (Wildman–Crippen LogP) is 9.99. The lowest BCUT2D eigenvalue weighted by molar-refractivity contribution is -0.783. The van der Waals surface area contributed by atoms with Crippen molar-refractivity contribution in [3.05, 3.63) is 68.1 Å². The van der Waals surface area contributed by atoms with Gasteiger partial charge in [0.1, 0.15) is 41.4 Å². The fraction of sp³-hybridized carbons (Fsp3) is 0.614. The molecule has 0 aromatic heterocycles. The quantitative estimate of drug-likeness (QED) is 0.0353. The van der Waals surface area contributed by atoms with E-state index in [1.54, 1.807) is 18.1 Å². The van der Waals surface area contributed by atoms with E-state index in [4.69, 9.17) is 33.0 Å². The van der Waals surface area contributed by atoms with Crippen molar-refractivity contribution in [2.75, 3.05) is 34.5 Å². The van der Waals surface area contributed by atoms with Crippen LogP contribution in [0.25, 0.3) is 0 Å². The second kappa shape index (κ2) is 24.7. The maximum Gasteiger partial charge on any atom is 0.399 e. The number of ether oxygens (including phenoxy) is 4. The smallest absolute Gasteiger partial charge is 0.399 e. The summed E-state index contributed by atoms with van der Waals surface area (Å²) in [6.07, 6.45) is 3.53. The average molecular weight is 1060 g/mol. The number of hydrogen-bond donors (Lipinski definition) is 2. The maximum atomic E-state index is 14.0. The first-order chi connectivity index (χ1) is 28.5. The van der Waals surface area contributed by atoms with Gasteiger partial charge in [-0.05, 0) is 111 Å². The van der Waals surface area contributed by atoms with Gasteiger partial charge >= 0.3 is 11.9 Å². The molecular weight excluding hydrogens is 986 g/mol. The number of nitrogens with zero attached hydrogens (tertiary/aromatic N) is 2. The van der Waals surface area contributed by atoms with E-state index >= 15 is 0 Å². The van der Waals surface area contributed by atoms with Crippen LogP contribution in [-0.2, 0) is 45.8 Å². The molecule has 4 rings (SSSR count). The zero-order valence-electron chi connectivity index (χ0n) is 38.7. The molecular formula is C44H71Br2F2N2O11Si2+. The van der Waals surface area contributed by atoms with Gasteiger partial charge in [0.05, 0.1) is 67.6 Å². The van der Waals surface area contributed by atoms with Gasteiger partial charge < -0.3 is 32.9 Å². The van der Waals surface area contributed by atoms with Gasteiger partial charge in [-0.15, -0.1) is 0 Å². The van der Waals surface area contributed by atoms with E-state index in [0.717, 1.165) is 6.21 Å². The Balaban J connectivity index is 0.000000515. The van der Waals surface area contributed by atoms with Gasteiger partial charge in [0, 0.05) is 5.56 Å². The van der Waals surface area contributed by atoms with Crippen LogP contribution >= 0.6 is 31.9 Å². The number of carbonyl (C=O) groups is 2. The highest BCUT2D eigenvalue weighted by molar-refractivity contribution is 9.11. The highest BCUT2D eigenvalue weighted by Crippen LogP contribution is 2.43. The predicted molar refractivity (Wildman–Crippen MR) is 252 cm³/mol. The summed E-state index contributed by atoms with van der Waals surface area (Å²) in [4.78, 5) is 29.7. The molecule has 2 fully saturated rings. The Kier molecular flexibility index (Phi) is 22.8. The number of cyclic esters (lactones) is 1. The standard InChI is InChI=1S/C21H31BrFNO5Si.C11H12BrFNO4.C11H24O2Si.CH4/c1-12-17-16(11-27-30(6,7)21(2,3)4)29-24(18(17)20(25)28-12)10-13-8-14(23)9-15(22)19(13)26-5;1-17-10(15)6-14(16)5-7-3-8(13)4-9(12)11(7)18-2;1-10(12)8-7-9-13-14(5,6)11(2,3)4;/h8-9,12,16-18H,10-11H2,1-7H3;3-4,6,16H,5H2,1-2H3;7-8,10,12H,9H2,1-6H3;1H4/q;+1;;/b;14-6-;8-7-;/t12-,16-,17+,18-;;10-;/m0.0./s1. The van der Waals surface area contributed by atoms with Crippen molar-refractivity contribution >= 4 is 66.6 Å². The Morgan fingerprint density at radius 2 is 1.41 bits per heavy atom. The largest absolute Gasteiger partial charge is 0.495 e. The molecule has 2 aliphatic heterocycles. The molecule has 2 aromatic rings. The summed E-state index contributed by atoms with van der Waals surface area (Å²) >= 11 is 6.48. The molecule has 2 N–H and O–H groups in total. The minimum atomic E-state index is -1.98. The van der Waals surface area contributed by atoms with Gasteiger partial charge in [-0.1, -0.05) is 61.1 Å². The number of benzene rings is 2. The van der Waals surface area contributed by atoms with Crippen LogP contribution < -0.4 is 9.47 Å². The minimum absolute atomic E-state index is 0. The van der Waals surface area contributed by atoms with Crippen LogP contribution in [0.1, 0.15) is 73.9 Å². The van der Waals surface area contributed by atoms with Gasteiger partial charge in [-0.3, -0.25) is 14.8 Å². The highest BCUT2D eigenvalue weighted by Gasteiger charge is 2.57. The Morgan fingerprint density at radius 1 is 0.921 bits per heavy atom. The van der Waals surface area contributed by atoms with Crippen LogP contribution in [0.5, 0.6) is 11.5 Å². The van der Waals surface area contributed by atoms with E-state index in [0.29, 0.717) is 49.5 Å². The van der Waals surface area contributed by atoms with Crippen molar-refractivity contribution in [1.82, 2.24) is 5.06 Å². The zero-order chi connectivity index (χ0) is 47.5. The van der Waals surface area contributed by atoms with Crippen LogP contribution in [0.4, 0.5) is 8.78 Å². The molecule has 0 spiro atoms. The second-order valence-electron chi connectivity index (χ2n) is 18.1. The lowest BCUT2D eigenvalue weighted by Crippen LogP contribution is -2.44. The van der Waals surface area contributed by atoms with Gasteiger partial charge in [0.15, 0.2) is 16.6 Å². The molecule has 2 saturated heterocycles. The van der Waals surface area contributed by atoms with Gasteiger partial charge in [0.25, 0.3) is 6.21 Å². The van der Waals surface area contributed by atoms with Crippen molar-refractivity contribution in [3.63, 3.8) is 0 Å². The van der Waals surface area contributed by atoms with Crippen LogP contribution in [0.15, 0.2) is 45.4 Å². The number of halogens is 4. The summed E-state index contributed by atoms with van der Waals surface area (Å²) in [5.74, 6) is -1.17. The lowest BCUT2D eigenvalue weighted by atomic mass is 9.93. The molecule has 0 saturated carbocycles. The van der Waals surface area contributed by atoms with Gasteiger partial charge in [-0.2, -0.15) is 5.06 Å². The lowest BCUT2D eigenvalue weighted by Gasteiger charge is -2.37. The first kappa shape index (κ1) is 58.3. The molecule has 358 valence electrons. The number of aliphatic hydroxyl groups excluding tert-OH is 1. The van der Waals surface area contributed by atoms with Crippen LogP contribution in [0, 0.1) is 17.6 Å². The molecule has 2 heterocycles. The number of aliphatic hydroxyl groups is 1. The first-order valence-corrected chi connectivity index (χ1v) is 27.6. The SMILES string of the molecule is C.COC(=O)/C=[N+](\O)Cc1cc(F)cc(Br)c1OC.COc1c(Br)cc(F)cc1CN1O[C@@H](CO[Si](C)(C)C(C)(C)C)[C@H]2[C@H](C)OC(=O)[C@H]21.C[C@H](O)/C=C\CO[Si](C)(C)C(C)(C)C. The molecule has 63 heavy (non-hydrogen) atoms. The van der Waals surface area contributed by atoms with E-state index in [1.807, 2.05) is 13.0 Å². The molecule has 0 bridgehead atoms. The third-order valence-corrected chi connectivity index (χ3v) is 21.5. The van der Waals surface area contributed by atoms with Crippen molar-refractivity contribution in [1.29, 1.82) is 0 Å². The summed E-state index contributed by atoms with van der Waals surface area (Å²) < 4.78 is 61.4. The van der Waals surface area contributed by atoms with E-state index < -0.39 is 40.3 Å². The molecule has 13 nitrogen and oxygen atoms in total. The van der Waals surface area contributed by atoms with Crippen molar-refractivity contribution in [2.24, 2.45) is 5.92 Å². The third kappa shape index (κ3) is 16.9. The van der Waals surface area contributed by atoms with Gasteiger partial charge in [-0.25, -0.2) is 13.6 Å². The fourth-order valence-corrected chi connectivity index (χ4v) is 9.09. The fourth-order valence-electron chi connectivity index (χ4n) is 5.86. The van der Waals surface area contributed by atoms with Gasteiger partial charge in [0.2, 0.25) is 6.54 Å². The topological polar surface area (TPSA) is 145 Å². The monoisotopic (exact) mass is 1060 g/mol. The van der Waals surface area contributed by atoms with Crippen LogP contribution in [0.3, 0.4) is 0 Å². The molecule has 0 unspecified atom stereocenters. The third-order valence-electron chi connectivity index (χ3n) is 11.3. The van der Waals surface area contributed by atoms with E-state index in [2.05, 4.69) is 104 Å². The molecule has 0 aliphatic carbocycles. The summed E-state index contributed by atoms with van der Waals surface area (Å²) in [5.41, 5.74) is 0.966. The molecule has 2 aromatic carbocycles. The number of hydrogen-bond acceptors (Lipinski definition) is 12. The Hall–Kier alpha value is -2.76. The Bertz CT molecular complexity index is 1890. The Labute approximate surface area is 392 Å². The number of carbonyl (C=O) groups excluding carboxylic acids is 2. The van der Waals surface area contributed by atoms with E-state index in [1.165, 1.54) is 45.6 Å². The van der Waals surface area contributed by atoms with Crippen LogP contribution in [-0.4, -0.2) is 114 Å². The molecule has 2 aliphatic rings. The summed E-state index contributed by atoms with van der Waals surface area (Å²) in [6.45, 7) is 26.7. The van der Waals surface area contributed by atoms with Crippen molar-refractivity contribution in [3.8, 4) is 11.5 Å². The average Bonchev–Trinajstić information content (AvgIpc) is 3.64. The molecule has 0 radical (unpaired) electrons. The van der Waals surface area contributed by atoms with E-state index in [9.17, 15) is 23.6 Å². The number of methoxy groups -OCH3 is 3. The first-order valence-electron chi connectivity index (χ1n) is 20.2. The second-order valence-corrected chi connectivity index (χ2v) is 29.4. The number of fused-ring (bicyclic) bond motifs is 1. The molecule has 5 atom stereocenters. The Morgan fingerprint density at radius 3 is 1.89 bits per heavy atom. The zero-order valence-corrected chi connectivity index (χ0v) is 43.9. The molecule has 19 heteroatoms. The maximum absolute atomic E-state index is 14.0. The summed E-state index contributed by atoms with van der Waals surface area (Å²) in [5, 5.41) is 20.4.